The first-order valence-electron chi connectivity index (χ1n) is 11.8. The normalized spacial score (nSPS) is 13.0. The Morgan fingerprint density at radius 2 is 1.55 bits per heavy atom. The first kappa shape index (κ1) is 24.3. The van der Waals surface area contributed by atoms with E-state index in [0.29, 0.717) is 16.8 Å². The van der Waals surface area contributed by atoms with Crippen LogP contribution in [0, 0.1) is 0 Å². The van der Waals surface area contributed by atoms with E-state index in [2.05, 4.69) is 24.5 Å². The van der Waals surface area contributed by atoms with Gasteiger partial charge in [0.2, 0.25) is 5.91 Å². The number of benzene rings is 2. The quantitative estimate of drug-likeness (QED) is 0.567. The summed E-state index contributed by atoms with van der Waals surface area (Å²) in [6, 6.07) is 14.2. The second kappa shape index (κ2) is 12.0. The summed E-state index contributed by atoms with van der Waals surface area (Å²) in [5.41, 5.74) is 2.59. The number of anilines is 2. The molecule has 0 aliphatic carbocycles. The number of carbonyl (C=O) groups excluding carboxylic acids is 3. The van der Waals surface area contributed by atoms with Crippen molar-refractivity contribution in [3.63, 3.8) is 0 Å². The number of rotatable bonds is 10. The van der Waals surface area contributed by atoms with E-state index in [9.17, 15) is 14.4 Å². The Labute approximate surface area is 196 Å². The van der Waals surface area contributed by atoms with Gasteiger partial charge in [-0.15, -0.1) is 0 Å². The van der Waals surface area contributed by atoms with Crippen LogP contribution in [0.2, 0.25) is 0 Å². The van der Waals surface area contributed by atoms with Crippen molar-refractivity contribution < 1.29 is 14.4 Å². The minimum Gasteiger partial charge on any atom is -0.376 e. The first-order chi connectivity index (χ1) is 16.0. The SMILES string of the molecule is CCCN(CCC)C(=O)c1ccc(NCC(=O)Nc2cccc(C(=O)N3CCCC3)c2)cc1. The highest BCUT2D eigenvalue weighted by Gasteiger charge is 2.19. The van der Waals surface area contributed by atoms with Crippen LogP contribution >= 0.6 is 0 Å². The molecule has 7 heteroatoms. The minimum atomic E-state index is -0.210. The lowest BCUT2D eigenvalue weighted by Gasteiger charge is -2.21. The van der Waals surface area contributed by atoms with Crippen molar-refractivity contribution in [2.75, 3.05) is 43.4 Å². The number of nitrogens with one attached hydrogen (secondary N) is 2. The number of nitrogens with zero attached hydrogens (tertiary/aromatic N) is 2. The third kappa shape index (κ3) is 6.81. The zero-order valence-corrected chi connectivity index (χ0v) is 19.6. The van der Waals surface area contributed by atoms with Crippen LogP contribution in [0.25, 0.3) is 0 Å². The summed E-state index contributed by atoms with van der Waals surface area (Å²) in [6.45, 7) is 7.29. The summed E-state index contributed by atoms with van der Waals surface area (Å²) in [4.78, 5) is 41.4. The standard InChI is InChI=1S/C26H34N4O3/c1-3-14-29(15-4-2)25(32)20-10-12-22(13-11-20)27-19-24(31)28-23-9-7-8-21(18-23)26(33)30-16-5-6-17-30/h7-13,18,27H,3-6,14-17,19H2,1-2H3,(H,28,31). The van der Waals surface area contributed by atoms with Gasteiger partial charge in [-0.1, -0.05) is 19.9 Å². The van der Waals surface area contributed by atoms with Gasteiger partial charge in [-0.3, -0.25) is 14.4 Å². The van der Waals surface area contributed by atoms with Crippen LogP contribution in [-0.2, 0) is 4.79 Å². The summed E-state index contributed by atoms with van der Waals surface area (Å²) in [5.74, 6) is -0.169. The second-order valence-corrected chi connectivity index (χ2v) is 8.35. The molecule has 1 aliphatic rings. The summed E-state index contributed by atoms with van der Waals surface area (Å²) >= 11 is 0. The fourth-order valence-corrected chi connectivity index (χ4v) is 3.99. The Balaban J connectivity index is 1.52. The number of likely N-dealkylation sites (tertiary alicyclic amines) is 1. The van der Waals surface area contributed by atoms with Crippen LogP contribution in [0.15, 0.2) is 48.5 Å². The van der Waals surface area contributed by atoms with E-state index in [1.165, 1.54) is 0 Å². The summed E-state index contributed by atoms with van der Waals surface area (Å²) in [5, 5.41) is 5.92. The zero-order valence-electron chi connectivity index (χ0n) is 19.6. The molecule has 0 spiro atoms. The molecule has 176 valence electrons. The van der Waals surface area contributed by atoms with Crippen LogP contribution in [0.4, 0.5) is 11.4 Å². The van der Waals surface area contributed by atoms with Gasteiger partial charge in [0.25, 0.3) is 11.8 Å². The van der Waals surface area contributed by atoms with E-state index in [1.54, 1.807) is 36.4 Å². The Morgan fingerprint density at radius 3 is 2.18 bits per heavy atom. The van der Waals surface area contributed by atoms with Crippen molar-refractivity contribution in [3.8, 4) is 0 Å². The molecule has 1 aliphatic heterocycles. The highest BCUT2D eigenvalue weighted by molar-refractivity contribution is 5.98. The van der Waals surface area contributed by atoms with Crippen LogP contribution in [-0.4, -0.2) is 60.2 Å². The fourth-order valence-electron chi connectivity index (χ4n) is 3.99. The maximum absolute atomic E-state index is 12.7. The van der Waals surface area contributed by atoms with Gasteiger partial charge in [-0.05, 0) is 68.1 Å². The number of hydrogen-bond acceptors (Lipinski definition) is 4. The molecule has 33 heavy (non-hydrogen) atoms. The molecule has 2 aromatic rings. The van der Waals surface area contributed by atoms with E-state index >= 15 is 0 Å². The van der Waals surface area contributed by atoms with Gasteiger partial charge in [0.15, 0.2) is 0 Å². The lowest BCUT2D eigenvalue weighted by Crippen LogP contribution is -2.32. The molecular weight excluding hydrogens is 416 g/mol. The predicted molar refractivity (Wildman–Crippen MR) is 132 cm³/mol. The van der Waals surface area contributed by atoms with Gasteiger partial charge >= 0.3 is 0 Å². The lowest BCUT2D eigenvalue weighted by molar-refractivity contribution is -0.114. The summed E-state index contributed by atoms with van der Waals surface area (Å²) < 4.78 is 0. The van der Waals surface area contributed by atoms with E-state index in [-0.39, 0.29) is 24.3 Å². The molecule has 0 radical (unpaired) electrons. The Morgan fingerprint density at radius 1 is 0.879 bits per heavy atom. The lowest BCUT2D eigenvalue weighted by atomic mass is 10.1. The van der Waals surface area contributed by atoms with Crippen LogP contribution in [0.3, 0.4) is 0 Å². The highest BCUT2D eigenvalue weighted by Crippen LogP contribution is 2.17. The molecular formula is C26H34N4O3. The molecule has 7 nitrogen and oxygen atoms in total. The molecule has 3 amide bonds. The molecule has 1 heterocycles. The molecule has 0 atom stereocenters. The monoisotopic (exact) mass is 450 g/mol. The molecule has 2 aromatic carbocycles. The third-order valence-electron chi connectivity index (χ3n) is 5.65. The van der Waals surface area contributed by atoms with Crippen molar-refractivity contribution in [2.45, 2.75) is 39.5 Å². The van der Waals surface area contributed by atoms with Gasteiger partial charge in [0, 0.05) is 48.7 Å². The van der Waals surface area contributed by atoms with E-state index < -0.39 is 0 Å². The topological polar surface area (TPSA) is 81.8 Å². The van der Waals surface area contributed by atoms with Gasteiger partial charge in [0.1, 0.15) is 0 Å². The smallest absolute Gasteiger partial charge is 0.253 e. The minimum absolute atomic E-state index is 0.00722. The molecule has 1 saturated heterocycles. The number of hydrogen-bond donors (Lipinski definition) is 2. The number of amides is 3. The van der Waals surface area contributed by atoms with Crippen molar-refractivity contribution in [1.29, 1.82) is 0 Å². The molecule has 0 bridgehead atoms. The Kier molecular flexibility index (Phi) is 8.87. The average molecular weight is 451 g/mol. The average Bonchev–Trinajstić information content (AvgIpc) is 3.37. The van der Waals surface area contributed by atoms with Crippen LogP contribution < -0.4 is 10.6 Å². The predicted octanol–water partition coefficient (Wildman–Crippen LogP) is 4.24. The van der Waals surface area contributed by atoms with E-state index in [4.69, 9.17) is 0 Å². The van der Waals surface area contributed by atoms with Gasteiger partial charge in [-0.25, -0.2) is 0 Å². The molecule has 0 saturated carbocycles. The van der Waals surface area contributed by atoms with Gasteiger partial charge < -0.3 is 20.4 Å². The maximum atomic E-state index is 12.7. The Hall–Kier alpha value is -3.35. The third-order valence-corrected chi connectivity index (χ3v) is 5.65. The highest BCUT2D eigenvalue weighted by atomic mass is 16.2. The van der Waals surface area contributed by atoms with Crippen LogP contribution in [0.1, 0.15) is 60.2 Å². The van der Waals surface area contributed by atoms with Crippen molar-refractivity contribution >= 4 is 29.1 Å². The number of carbonyl (C=O) groups is 3. The Bertz CT molecular complexity index is 946. The molecule has 2 N–H and O–H groups in total. The summed E-state index contributed by atoms with van der Waals surface area (Å²) in [7, 11) is 0. The first-order valence-corrected chi connectivity index (χ1v) is 11.8. The fraction of sp³-hybridized carbons (Fsp3) is 0.423. The maximum Gasteiger partial charge on any atom is 0.253 e. The van der Waals surface area contributed by atoms with E-state index in [1.807, 2.05) is 21.9 Å². The van der Waals surface area contributed by atoms with Crippen LogP contribution in [0.5, 0.6) is 0 Å². The largest absolute Gasteiger partial charge is 0.376 e. The zero-order chi connectivity index (χ0) is 23.6. The second-order valence-electron chi connectivity index (χ2n) is 8.35. The molecule has 0 aromatic heterocycles. The summed E-state index contributed by atoms with van der Waals surface area (Å²) in [6.07, 6.45) is 3.93. The van der Waals surface area contributed by atoms with Crippen molar-refractivity contribution in [1.82, 2.24) is 9.80 Å². The van der Waals surface area contributed by atoms with Crippen molar-refractivity contribution in [2.24, 2.45) is 0 Å². The van der Waals surface area contributed by atoms with Gasteiger partial charge in [0.05, 0.1) is 6.54 Å². The molecule has 1 fully saturated rings. The molecule has 3 rings (SSSR count). The van der Waals surface area contributed by atoms with Gasteiger partial charge in [-0.2, -0.15) is 0 Å². The van der Waals surface area contributed by atoms with E-state index in [0.717, 1.165) is 57.5 Å². The molecule has 0 unspecified atom stereocenters. The van der Waals surface area contributed by atoms with Crippen molar-refractivity contribution in [3.05, 3.63) is 59.7 Å².